The number of benzene rings is 4. The predicted molar refractivity (Wildman–Crippen MR) is 151 cm³/mol. The van der Waals surface area contributed by atoms with Gasteiger partial charge in [-0.05, 0) is 54.1 Å². The van der Waals surface area contributed by atoms with Crippen molar-refractivity contribution in [3.05, 3.63) is 114 Å². The van der Waals surface area contributed by atoms with Gasteiger partial charge >= 0.3 is 5.97 Å². The van der Waals surface area contributed by atoms with Crippen molar-refractivity contribution in [2.24, 2.45) is 0 Å². The van der Waals surface area contributed by atoms with E-state index in [4.69, 9.17) is 9.47 Å². The fourth-order valence-corrected chi connectivity index (χ4v) is 4.85. The predicted octanol–water partition coefficient (Wildman–Crippen LogP) is 6.13. The molecule has 0 radical (unpaired) electrons. The van der Waals surface area contributed by atoms with Gasteiger partial charge in [-0.25, -0.2) is 4.79 Å². The second kappa shape index (κ2) is 12.7. The van der Waals surface area contributed by atoms with E-state index in [0.717, 1.165) is 10.5 Å². The number of amides is 2. The topological polar surface area (TPSA) is 114 Å². The average Bonchev–Trinajstić information content (AvgIpc) is 2.97. The highest BCUT2D eigenvalue weighted by Crippen LogP contribution is 2.38. The molecule has 8 nitrogen and oxygen atoms in total. The molecule has 1 atom stereocenters. The third-order valence-corrected chi connectivity index (χ3v) is 7.04. The van der Waals surface area contributed by atoms with Gasteiger partial charge in [-0.1, -0.05) is 42.5 Å². The summed E-state index contributed by atoms with van der Waals surface area (Å²) in [5, 5.41) is 14.5. The van der Waals surface area contributed by atoms with E-state index >= 15 is 0 Å². The Bertz CT molecular complexity index is 1470. The number of carbonyl (C=O) groups is 3. The van der Waals surface area contributed by atoms with Crippen molar-refractivity contribution in [1.82, 2.24) is 0 Å². The van der Waals surface area contributed by atoms with Crippen molar-refractivity contribution in [3.63, 3.8) is 0 Å². The van der Waals surface area contributed by atoms with Crippen molar-refractivity contribution in [3.8, 4) is 11.5 Å². The second-order valence-corrected chi connectivity index (χ2v) is 9.47. The minimum atomic E-state index is -1.18. The Hall–Kier alpha value is -4.76. The molecule has 0 aromatic heterocycles. The summed E-state index contributed by atoms with van der Waals surface area (Å²) in [6, 6.07) is 27.6. The van der Waals surface area contributed by atoms with Gasteiger partial charge in [0, 0.05) is 16.6 Å². The lowest BCUT2D eigenvalue weighted by Crippen LogP contribution is -2.19. The number of aromatic carboxylic acids is 1. The zero-order valence-electron chi connectivity index (χ0n) is 21.2. The molecule has 39 heavy (non-hydrogen) atoms. The zero-order valence-corrected chi connectivity index (χ0v) is 22.0. The first kappa shape index (κ1) is 27.3. The van der Waals surface area contributed by atoms with Gasteiger partial charge in [0.25, 0.3) is 5.91 Å². The van der Waals surface area contributed by atoms with Crippen molar-refractivity contribution in [2.75, 3.05) is 24.9 Å². The lowest BCUT2D eigenvalue weighted by atomic mass is 10.1. The summed E-state index contributed by atoms with van der Waals surface area (Å²) >= 11 is 1.35. The Labute approximate surface area is 230 Å². The van der Waals surface area contributed by atoms with Crippen LogP contribution in [0, 0.1) is 0 Å². The van der Waals surface area contributed by atoms with E-state index in [-0.39, 0.29) is 17.0 Å². The molecule has 9 heteroatoms. The number of carbonyl (C=O) groups excluding carboxylic acids is 2. The van der Waals surface area contributed by atoms with Crippen LogP contribution in [0.2, 0.25) is 0 Å². The van der Waals surface area contributed by atoms with E-state index < -0.39 is 17.1 Å². The number of anilines is 2. The summed E-state index contributed by atoms with van der Waals surface area (Å²) in [5.41, 5.74) is 1.78. The molecule has 0 bridgehead atoms. The Morgan fingerprint density at radius 3 is 2.08 bits per heavy atom. The Morgan fingerprint density at radius 2 is 1.44 bits per heavy atom. The molecule has 0 saturated carbocycles. The van der Waals surface area contributed by atoms with Crippen LogP contribution in [0.15, 0.2) is 102 Å². The van der Waals surface area contributed by atoms with Crippen LogP contribution in [-0.2, 0) is 4.79 Å². The van der Waals surface area contributed by atoms with E-state index in [1.54, 1.807) is 61.7 Å². The van der Waals surface area contributed by atoms with Gasteiger partial charge in [0.05, 0.1) is 31.0 Å². The fraction of sp³-hybridized carbons (Fsp3) is 0.100. The minimum Gasteiger partial charge on any atom is -0.497 e. The molecule has 1 unspecified atom stereocenters. The molecule has 0 fully saturated rings. The number of hydrogen-bond acceptors (Lipinski definition) is 6. The molecule has 0 heterocycles. The van der Waals surface area contributed by atoms with Crippen LogP contribution in [0.1, 0.15) is 31.5 Å². The van der Waals surface area contributed by atoms with Crippen LogP contribution in [0.25, 0.3) is 0 Å². The fourth-order valence-electron chi connectivity index (χ4n) is 3.83. The van der Waals surface area contributed by atoms with Gasteiger partial charge in [-0.2, -0.15) is 0 Å². The number of ether oxygens (including phenoxy) is 2. The normalized spacial score (nSPS) is 11.2. The molecule has 4 aromatic carbocycles. The number of thioether (sulfide) groups is 1. The lowest BCUT2D eigenvalue weighted by molar-refractivity contribution is -0.115. The number of carboxylic acid groups (broad SMARTS) is 1. The maximum Gasteiger partial charge on any atom is 0.336 e. The van der Waals surface area contributed by atoms with Gasteiger partial charge in [-0.15, -0.1) is 11.8 Å². The Kier molecular flexibility index (Phi) is 8.86. The molecular weight excluding hydrogens is 516 g/mol. The summed E-state index contributed by atoms with van der Waals surface area (Å²) in [4.78, 5) is 38.4. The van der Waals surface area contributed by atoms with E-state index in [0.29, 0.717) is 22.9 Å². The maximum atomic E-state index is 13.5. The molecule has 0 aliphatic rings. The molecule has 4 aromatic rings. The largest absolute Gasteiger partial charge is 0.497 e. The van der Waals surface area contributed by atoms with Crippen LogP contribution in [0.3, 0.4) is 0 Å². The van der Waals surface area contributed by atoms with Gasteiger partial charge < -0.3 is 25.2 Å². The Morgan fingerprint density at radius 1 is 0.769 bits per heavy atom. The lowest BCUT2D eigenvalue weighted by Gasteiger charge is -2.19. The van der Waals surface area contributed by atoms with E-state index in [1.165, 1.54) is 31.0 Å². The summed E-state index contributed by atoms with van der Waals surface area (Å²) in [6.07, 6.45) is 0. The number of hydrogen-bond donors (Lipinski definition) is 3. The van der Waals surface area contributed by atoms with Crippen LogP contribution < -0.4 is 20.1 Å². The first-order chi connectivity index (χ1) is 18.9. The first-order valence-electron chi connectivity index (χ1n) is 11.9. The summed E-state index contributed by atoms with van der Waals surface area (Å²) in [7, 11) is 3.08. The standard InChI is InChI=1S/C30H26N2O6S/c1-37-21-14-17-26(38-2)25(18-21)32-29(34)27(19-8-4-3-5-9-19)39-22-15-12-20(13-16-22)31-28(33)23-10-6-7-11-24(23)30(35)36/h3-18,27H,1-2H3,(H,31,33)(H,32,34)(H,35,36). The number of methoxy groups -OCH3 is 2. The van der Waals surface area contributed by atoms with Gasteiger partial charge in [-0.3, -0.25) is 9.59 Å². The minimum absolute atomic E-state index is 0.0669. The molecule has 3 N–H and O–H groups in total. The van der Waals surface area contributed by atoms with Crippen LogP contribution >= 0.6 is 11.8 Å². The van der Waals surface area contributed by atoms with Gasteiger partial charge in [0.2, 0.25) is 5.91 Å². The molecule has 2 amide bonds. The number of nitrogens with one attached hydrogen (secondary N) is 2. The number of carboxylic acids is 1. The summed E-state index contributed by atoms with van der Waals surface area (Å²) < 4.78 is 10.7. The molecule has 0 saturated heterocycles. The summed E-state index contributed by atoms with van der Waals surface area (Å²) in [6.45, 7) is 0. The van der Waals surface area contributed by atoms with Crippen LogP contribution in [0.5, 0.6) is 11.5 Å². The molecule has 0 aliphatic heterocycles. The molecule has 198 valence electrons. The quantitative estimate of drug-likeness (QED) is 0.207. The monoisotopic (exact) mass is 542 g/mol. The third kappa shape index (κ3) is 6.77. The summed E-state index contributed by atoms with van der Waals surface area (Å²) in [5.74, 6) is -0.865. The van der Waals surface area contributed by atoms with E-state index in [1.807, 2.05) is 30.3 Å². The van der Waals surface area contributed by atoms with E-state index in [9.17, 15) is 19.5 Å². The molecule has 0 aliphatic carbocycles. The van der Waals surface area contributed by atoms with Crippen molar-refractivity contribution < 1.29 is 29.0 Å². The number of rotatable bonds is 10. The van der Waals surface area contributed by atoms with Crippen molar-refractivity contribution in [2.45, 2.75) is 10.1 Å². The van der Waals surface area contributed by atoms with Crippen molar-refractivity contribution in [1.29, 1.82) is 0 Å². The maximum absolute atomic E-state index is 13.5. The van der Waals surface area contributed by atoms with Crippen LogP contribution in [0.4, 0.5) is 11.4 Å². The average molecular weight is 543 g/mol. The second-order valence-electron chi connectivity index (χ2n) is 8.29. The van der Waals surface area contributed by atoms with Crippen molar-refractivity contribution >= 4 is 40.9 Å². The zero-order chi connectivity index (χ0) is 27.8. The molecule has 0 spiro atoms. The Balaban J connectivity index is 1.53. The molecular formula is C30H26N2O6S. The first-order valence-corrected chi connectivity index (χ1v) is 12.8. The van der Waals surface area contributed by atoms with E-state index in [2.05, 4.69) is 10.6 Å². The highest BCUT2D eigenvalue weighted by atomic mass is 32.2. The smallest absolute Gasteiger partial charge is 0.336 e. The third-order valence-electron chi connectivity index (χ3n) is 5.77. The highest BCUT2D eigenvalue weighted by molar-refractivity contribution is 8.00. The SMILES string of the molecule is COc1ccc(OC)c(NC(=O)C(Sc2ccc(NC(=O)c3ccccc3C(=O)O)cc2)c2ccccc2)c1. The van der Waals surface area contributed by atoms with Crippen LogP contribution in [-0.4, -0.2) is 37.1 Å². The van der Waals surface area contributed by atoms with Gasteiger partial charge in [0.1, 0.15) is 16.7 Å². The van der Waals surface area contributed by atoms with Gasteiger partial charge in [0.15, 0.2) is 0 Å². The molecule has 4 rings (SSSR count). The highest BCUT2D eigenvalue weighted by Gasteiger charge is 2.24.